The second-order valence-corrected chi connectivity index (χ2v) is 4.85. The summed E-state index contributed by atoms with van der Waals surface area (Å²) in [5, 5.41) is 4.20. The summed E-state index contributed by atoms with van der Waals surface area (Å²) in [6.07, 6.45) is 1.78. The lowest BCUT2D eigenvalue weighted by Gasteiger charge is -2.11. The Balaban J connectivity index is 2.16. The van der Waals surface area contributed by atoms with Gasteiger partial charge in [0, 0.05) is 18.2 Å². The molecule has 2 N–H and O–H groups in total. The summed E-state index contributed by atoms with van der Waals surface area (Å²) in [5.41, 5.74) is 10.2. The number of rotatable bonds is 3. The zero-order valence-corrected chi connectivity index (χ0v) is 12.1. The molecule has 0 saturated carbocycles. The molecule has 0 atom stereocenters. The third-order valence-electron chi connectivity index (χ3n) is 3.58. The molecule has 0 fully saturated rings. The third kappa shape index (κ3) is 2.36. The van der Waals surface area contributed by atoms with E-state index in [1.54, 1.807) is 18.0 Å². The maximum atomic E-state index is 6.06. The SMILES string of the molecule is COc1ccc(-c2cnn(C)c2N)cc1-c1ccccc1. The molecule has 0 saturated heterocycles. The molecular weight excluding hydrogens is 262 g/mol. The van der Waals surface area contributed by atoms with Crippen molar-refractivity contribution in [2.45, 2.75) is 0 Å². The van der Waals surface area contributed by atoms with Crippen LogP contribution in [0.15, 0.2) is 54.7 Å². The first-order valence-electron chi connectivity index (χ1n) is 6.72. The van der Waals surface area contributed by atoms with E-state index < -0.39 is 0 Å². The number of anilines is 1. The van der Waals surface area contributed by atoms with E-state index >= 15 is 0 Å². The minimum atomic E-state index is 0.652. The molecule has 0 aliphatic heterocycles. The molecule has 1 heterocycles. The maximum Gasteiger partial charge on any atom is 0.129 e. The van der Waals surface area contributed by atoms with Crippen molar-refractivity contribution >= 4 is 5.82 Å². The minimum Gasteiger partial charge on any atom is -0.496 e. The Morgan fingerprint density at radius 3 is 2.38 bits per heavy atom. The lowest BCUT2D eigenvalue weighted by molar-refractivity contribution is 0.416. The van der Waals surface area contributed by atoms with E-state index in [9.17, 15) is 0 Å². The lowest BCUT2D eigenvalue weighted by Crippen LogP contribution is -1.98. The summed E-state index contributed by atoms with van der Waals surface area (Å²) in [6.45, 7) is 0. The van der Waals surface area contributed by atoms with Crippen LogP contribution in [0.25, 0.3) is 22.3 Å². The van der Waals surface area contributed by atoms with Crippen LogP contribution in [-0.2, 0) is 7.05 Å². The van der Waals surface area contributed by atoms with Crippen LogP contribution >= 0.6 is 0 Å². The Labute approximate surface area is 123 Å². The second-order valence-electron chi connectivity index (χ2n) is 4.85. The largest absolute Gasteiger partial charge is 0.496 e. The van der Waals surface area contributed by atoms with Gasteiger partial charge in [0.2, 0.25) is 0 Å². The number of benzene rings is 2. The van der Waals surface area contributed by atoms with Crippen molar-refractivity contribution in [3.8, 4) is 28.0 Å². The van der Waals surface area contributed by atoms with Crippen LogP contribution in [0.4, 0.5) is 5.82 Å². The van der Waals surface area contributed by atoms with Crippen molar-refractivity contribution in [2.75, 3.05) is 12.8 Å². The van der Waals surface area contributed by atoms with E-state index in [1.807, 2.05) is 37.4 Å². The number of aromatic nitrogens is 2. The van der Waals surface area contributed by atoms with Crippen LogP contribution in [0.1, 0.15) is 0 Å². The highest BCUT2D eigenvalue weighted by molar-refractivity contribution is 5.81. The molecule has 0 unspecified atom stereocenters. The summed E-state index contributed by atoms with van der Waals surface area (Å²) >= 11 is 0. The van der Waals surface area contributed by atoms with Gasteiger partial charge in [0.1, 0.15) is 11.6 Å². The highest BCUT2D eigenvalue weighted by Gasteiger charge is 2.11. The zero-order valence-electron chi connectivity index (χ0n) is 12.1. The highest BCUT2D eigenvalue weighted by Crippen LogP contribution is 2.35. The average Bonchev–Trinajstić information content (AvgIpc) is 2.87. The quantitative estimate of drug-likeness (QED) is 0.800. The van der Waals surface area contributed by atoms with Gasteiger partial charge in [0.05, 0.1) is 13.3 Å². The molecule has 106 valence electrons. The maximum absolute atomic E-state index is 6.06. The normalized spacial score (nSPS) is 10.6. The van der Waals surface area contributed by atoms with E-state index in [-0.39, 0.29) is 0 Å². The number of nitrogens with zero attached hydrogens (tertiary/aromatic N) is 2. The van der Waals surface area contributed by atoms with Gasteiger partial charge < -0.3 is 10.5 Å². The average molecular weight is 279 g/mol. The molecule has 0 radical (unpaired) electrons. The second kappa shape index (κ2) is 5.32. The van der Waals surface area contributed by atoms with Gasteiger partial charge in [-0.3, -0.25) is 4.68 Å². The van der Waals surface area contributed by atoms with Crippen LogP contribution in [0, 0.1) is 0 Å². The fourth-order valence-electron chi connectivity index (χ4n) is 2.39. The molecule has 4 heteroatoms. The van der Waals surface area contributed by atoms with Crippen molar-refractivity contribution in [1.82, 2.24) is 9.78 Å². The number of hydrogen-bond acceptors (Lipinski definition) is 3. The summed E-state index contributed by atoms with van der Waals surface area (Å²) in [7, 11) is 3.51. The Bertz CT molecular complexity index is 763. The molecule has 0 aliphatic rings. The number of aryl methyl sites for hydroxylation is 1. The Morgan fingerprint density at radius 2 is 1.76 bits per heavy atom. The fraction of sp³-hybridized carbons (Fsp3) is 0.118. The topological polar surface area (TPSA) is 53.1 Å². The first-order chi connectivity index (χ1) is 10.2. The molecule has 1 aromatic heterocycles. The van der Waals surface area contributed by atoms with Gasteiger partial charge in [-0.2, -0.15) is 5.10 Å². The van der Waals surface area contributed by atoms with E-state index in [0.717, 1.165) is 28.0 Å². The number of hydrogen-bond donors (Lipinski definition) is 1. The van der Waals surface area contributed by atoms with Crippen LogP contribution in [0.5, 0.6) is 5.75 Å². The summed E-state index contributed by atoms with van der Waals surface area (Å²) < 4.78 is 7.14. The Hall–Kier alpha value is -2.75. The predicted octanol–water partition coefficient (Wildman–Crippen LogP) is 3.34. The van der Waals surface area contributed by atoms with E-state index in [1.165, 1.54) is 0 Å². The molecule has 0 aliphatic carbocycles. The van der Waals surface area contributed by atoms with Crippen LogP contribution in [0.3, 0.4) is 0 Å². The van der Waals surface area contributed by atoms with Gasteiger partial charge in [-0.05, 0) is 23.3 Å². The van der Waals surface area contributed by atoms with Crippen molar-refractivity contribution in [3.63, 3.8) is 0 Å². The van der Waals surface area contributed by atoms with Gasteiger partial charge in [-0.1, -0.05) is 36.4 Å². The standard InChI is InChI=1S/C17H17N3O/c1-20-17(18)15(11-19-20)13-8-9-16(21-2)14(10-13)12-6-4-3-5-7-12/h3-11H,18H2,1-2H3. The smallest absolute Gasteiger partial charge is 0.129 e. The van der Waals surface area contributed by atoms with Crippen LogP contribution in [-0.4, -0.2) is 16.9 Å². The fourth-order valence-corrected chi connectivity index (χ4v) is 2.39. The predicted molar refractivity (Wildman–Crippen MR) is 85.0 cm³/mol. The zero-order chi connectivity index (χ0) is 14.8. The molecule has 0 amide bonds. The van der Waals surface area contributed by atoms with Crippen molar-refractivity contribution in [3.05, 3.63) is 54.7 Å². The molecular formula is C17H17N3O. The van der Waals surface area contributed by atoms with E-state index in [2.05, 4.69) is 23.3 Å². The molecule has 21 heavy (non-hydrogen) atoms. The van der Waals surface area contributed by atoms with Gasteiger partial charge >= 0.3 is 0 Å². The molecule has 4 nitrogen and oxygen atoms in total. The molecule has 0 bridgehead atoms. The summed E-state index contributed by atoms with van der Waals surface area (Å²) in [5.74, 6) is 1.49. The van der Waals surface area contributed by atoms with Gasteiger partial charge in [-0.25, -0.2) is 0 Å². The Kier molecular flexibility index (Phi) is 3.36. The van der Waals surface area contributed by atoms with Gasteiger partial charge in [-0.15, -0.1) is 0 Å². The third-order valence-corrected chi connectivity index (χ3v) is 3.58. The van der Waals surface area contributed by atoms with E-state index in [0.29, 0.717) is 5.82 Å². The van der Waals surface area contributed by atoms with Crippen molar-refractivity contribution < 1.29 is 4.74 Å². The van der Waals surface area contributed by atoms with Gasteiger partial charge in [0.25, 0.3) is 0 Å². The first-order valence-corrected chi connectivity index (χ1v) is 6.72. The first kappa shape index (κ1) is 13.2. The minimum absolute atomic E-state index is 0.652. The van der Waals surface area contributed by atoms with Crippen molar-refractivity contribution in [2.24, 2.45) is 7.05 Å². The van der Waals surface area contributed by atoms with Crippen molar-refractivity contribution in [1.29, 1.82) is 0 Å². The van der Waals surface area contributed by atoms with E-state index in [4.69, 9.17) is 10.5 Å². The molecule has 3 aromatic rings. The number of methoxy groups -OCH3 is 1. The lowest BCUT2D eigenvalue weighted by atomic mass is 9.99. The Morgan fingerprint density at radius 1 is 1.00 bits per heavy atom. The van der Waals surface area contributed by atoms with Gasteiger partial charge in [0.15, 0.2) is 0 Å². The molecule has 2 aromatic carbocycles. The highest BCUT2D eigenvalue weighted by atomic mass is 16.5. The summed E-state index contributed by atoms with van der Waals surface area (Å²) in [4.78, 5) is 0. The summed E-state index contributed by atoms with van der Waals surface area (Å²) in [6, 6.07) is 16.2. The molecule has 3 rings (SSSR count). The molecule has 0 spiro atoms. The number of ether oxygens (including phenoxy) is 1. The van der Waals surface area contributed by atoms with Crippen LogP contribution < -0.4 is 10.5 Å². The monoisotopic (exact) mass is 279 g/mol. The van der Waals surface area contributed by atoms with Crippen LogP contribution in [0.2, 0.25) is 0 Å². The number of nitrogen functional groups attached to an aromatic ring is 1. The number of nitrogens with two attached hydrogens (primary N) is 1.